The Morgan fingerprint density at radius 1 is 1.50 bits per heavy atom. The number of thiazole rings is 1. The Balaban J connectivity index is 2.06. The SMILES string of the molecule is CCC(NCc1sc(N(C)C)nc1OC)c1ncc[nH]1. The highest BCUT2D eigenvalue weighted by Gasteiger charge is 2.16. The summed E-state index contributed by atoms with van der Waals surface area (Å²) in [6.45, 7) is 2.85. The summed E-state index contributed by atoms with van der Waals surface area (Å²) in [6, 6.07) is 0.208. The number of hydrogen-bond acceptors (Lipinski definition) is 6. The van der Waals surface area contributed by atoms with Crippen LogP contribution in [0.2, 0.25) is 0 Å². The molecule has 20 heavy (non-hydrogen) atoms. The third kappa shape index (κ3) is 3.29. The van der Waals surface area contributed by atoms with Crippen LogP contribution >= 0.6 is 11.3 Å². The van der Waals surface area contributed by atoms with Gasteiger partial charge >= 0.3 is 0 Å². The number of nitrogens with zero attached hydrogens (tertiary/aromatic N) is 3. The molecular formula is C13H21N5OS. The summed E-state index contributed by atoms with van der Waals surface area (Å²) in [5.41, 5.74) is 0. The molecule has 0 saturated heterocycles. The smallest absolute Gasteiger partial charge is 0.230 e. The normalized spacial score (nSPS) is 12.4. The summed E-state index contributed by atoms with van der Waals surface area (Å²) < 4.78 is 5.34. The third-order valence-corrected chi connectivity index (χ3v) is 4.20. The Morgan fingerprint density at radius 2 is 2.30 bits per heavy atom. The molecule has 0 bridgehead atoms. The monoisotopic (exact) mass is 295 g/mol. The molecule has 2 heterocycles. The molecule has 2 rings (SSSR count). The van der Waals surface area contributed by atoms with E-state index in [1.807, 2.05) is 25.2 Å². The van der Waals surface area contributed by atoms with Gasteiger partial charge in [-0.1, -0.05) is 18.3 Å². The zero-order valence-electron chi connectivity index (χ0n) is 12.3. The van der Waals surface area contributed by atoms with E-state index in [1.165, 1.54) is 0 Å². The Morgan fingerprint density at radius 3 is 2.85 bits per heavy atom. The van der Waals surface area contributed by atoms with Gasteiger partial charge in [-0.05, 0) is 6.42 Å². The summed E-state index contributed by atoms with van der Waals surface area (Å²) >= 11 is 1.64. The van der Waals surface area contributed by atoms with Crippen molar-refractivity contribution < 1.29 is 4.74 Å². The van der Waals surface area contributed by atoms with Crippen LogP contribution in [0.3, 0.4) is 0 Å². The molecule has 2 aromatic rings. The van der Waals surface area contributed by atoms with Crippen LogP contribution in [-0.2, 0) is 6.54 Å². The lowest BCUT2D eigenvalue weighted by atomic mass is 10.2. The average Bonchev–Trinajstić information content (AvgIpc) is 3.08. The van der Waals surface area contributed by atoms with E-state index in [4.69, 9.17) is 4.74 Å². The third-order valence-electron chi connectivity index (χ3n) is 2.99. The fourth-order valence-corrected chi connectivity index (χ4v) is 2.81. The van der Waals surface area contributed by atoms with Crippen molar-refractivity contribution >= 4 is 16.5 Å². The summed E-state index contributed by atoms with van der Waals surface area (Å²) in [5.74, 6) is 1.66. The van der Waals surface area contributed by atoms with Crippen LogP contribution in [0.15, 0.2) is 12.4 Å². The van der Waals surface area contributed by atoms with Gasteiger partial charge in [-0.25, -0.2) is 4.98 Å². The van der Waals surface area contributed by atoms with Crippen LogP contribution in [0.25, 0.3) is 0 Å². The van der Waals surface area contributed by atoms with Crippen LogP contribution in [0, 0.1) is 0 Å². The lowest BCUT2D eigenvalue weighted by Gasteiger charge is -2.14. The second-order valence-corrected chi connectivity index (χ2v) is 5.70. The van der Waals surface area contributed by atoms with Gasteiger partial charge in [0.05, 0.1) is 18.0 Å². The summed E-state index contributed by atoms with van der Waals surface area (Å²) in [6.07, 6.45) is 4.59. The lowest BCUT2D eigenvalue weighted by molar-refractivity contribution is 0.392. The fraction of sp³-hybridized carbons (Fsp3) is 0.538. The molecule has 2 N–H and O–H groups in total. The number of rotatable bonds is 7. The predicted molar refractivity (Wildman–Crippen MR) is 81.5 cm³/mol. The van der Waals surface area contributed by atoms with E-state index in [2.05, 4.69) is 27.2 Å². The minimum Gasteiger partial charge on any atom is -0.480 e. The molecule has 0 aliphatic heterocycles. The maximum absolute atomic E-state index is 5.34. The summed E-state index contributed by atoms with van der Waals surface area (Å²) in [7, 11) is 5.61. The molecule has 110 valence electrons. The second-order valence-electron chi connectivity index (χ2n) is 4.64. The first-order valence-corrected chi connectivity index (χ1v) is 7.41. The molecule has 2 aromatic heterocycles. The maximum Gasteiger partial charge on any atom is 0.230 e. The standard InChI is InChI=1S/C13H21N5OS/c1-5-9(11-14-6-7-15-11)16-8-10-12(19-4)17-13(20-10)18(2)3/h6-7,9,16H,5,8H2,1-4H3,(H,14,15). The van der Waals surface area contributed by atoms with Crippen molar-refractivity contribution in [2.75, 3.05) is 26.1 Å². The predicted octanol–water partition coefficient (Wildman–Crippen LogP) is 2.18. The van der Waals surface area contributed by atoms with E-state index in [-0.39, 0.29) is 6.04 Å². The molecule has 0 aromatic carbocycles. The number of H-pyrrole nitrogens is 1. The van der Waals surface area contributed by atoms with Gasteiger partial charge in [-0.2, -0.15) is 4.98 Å². The van der Waals surface area contributed by atoms with Crippen LogP contribution in [-0.4, -0.2) is 36.2 Å². The Kier molecular flexibility index (Phi) is 4.97. The largest absolute Gasteiger partial charge is 0.480 e. The second kappa shape index (κ2) is 6.71. The van der Waals surface area contributed by atoms with Crippen molar-refractivity contribution in [3.63, 3.8) is 0 Å². The molecule has 0 amide bonds. The van der Waals surface area contributed by atoms with Gasteiger partial charge in [0.1, 0.15) is 5.82 Å². The highest BCUT2D eigenvalue weighted by Crippen LogP contribution is 2.30. The number of hydrogen-bond donors (Lipinski definition) is 2. The fourth-order valence-electron chi connectivity index (χ4n) is 1.91. The first-order valence-electron chi connectivity index (χ1n) is 6.59. The van der Waals surface area contributed by atoms with E-state index in [0.717, 1.165) is 22.3 Å². The summed E-state index contributed by atoms with van der Waals surface area (Å²) in [4.78, 5) is 15.0. The first kappa shape index (κ1) is 14.8. The zero-order valence-corrected chi connectivity index (χ0v) is 13.1. The molecule has 7 heteroatoms. The van der Waals surface area contributed by atoms with Crippen molar-refractivity contribution in [2.24, 2.45) is 0 Å². The summed E-state index contributed by atoms with van der Waals surface area (Å²) in [5, 5.41) is 4.44. The molecule has 1 unspecified atom stereocenters. The topological polar surface area (TPSA) is 66.1 Å². The number of nitrogens with one attached hydrogen (secondary N) is 2. The molecule has 0 radical (unpaired) electrons. The van der Waals surface area contributed by atoms with Crippen molar-refractivity contribution in [2.45, 2.75) is 25.9 Å². The van der Waals surface area contributed by atoms with Crippen molar-refractivity contribution in [3.05, 3.63) is 23.1 Å². The number of methoxy groups -OCH3 is 1. The van der Waals surface area contributed by atoms with Gasteiger partial charge < -0.3 is 19.9 Å². The highest BCUT2D eigenvalue weighted by atomic mass is 32.1. The molecule has 1 atom stereocenters. The Bertz CT molecular complexity index is 523. The Hall–Kier alpha value is -1.60. The van der Waals surface area contributed by atoms with E-state index in [1.54, 1.807) is 24.6 Å². The average molecular weight is 295 g/mol. The van der Waals surface area contributed by atoms with Gasteiger partial charge in [-0.15, -0.1) is 0 Å². The lowest BCUT2D eigenvalue weighted by Crippen LogP contribution is -2.21. The molecule has 0 spiro atoms. The van der Waals surface area contributed by atoms with Crippen LogP contribution in [0.4, 0.5) is 5.13 Å². The minimum absolute atomic E-state index is 0.208. The van der Waals surface area contributed by atoms with Crippen LogP contribution in [0.5, 0.6) is 5.88 Å². The van der Waals surface area contributed by atoms with Gasteiger partial charge in [-0.3, -0.25) is 0 Å². The molecule has 0 saturated carbocycles. The molecule has 0 fully saturated rings. The van der Waals surface area contributed by atoms with Gasteiger partial charge in [0.25, 0.3) is 0 Å². The molecule has 0 aliphatic rings. The van der Waals surface area contributed by atoms with E-state index in [0.29, 0.717) is 12.4 Å². The van der Waals surface area contributed by atoms with Crippen molar-refractivity contribution in [3.8, 4) is 5.88 Å². The molecule has 6 nitrogen and oxygen atoms in total. The van der Waals surface area contributed by atoms with Crippen molar-refractivity contribution in [1.82, 2.24) is 20.3 Å². The number of imidazole rings is 1. The first-order chi connectivity index (χ1) is 9.65. The van der Waals surface area contributed by atoms with Crippen LogP contribution < -0.4 is 15.0 Å². The highest BCUT2D eigenvalue weighted by molar-refractivity contribution is 7.15. The van der Waals surface area contributed by atoms with Crippen molar-refractivity contribution in [1.29, 1.82) is 0 Å². The van der Waals surface area contributed by atoms with E-state index >= 15 is 0 Å². The zero-order chi connectivity index (χ0) is 14.5. The van der Waals surface area contributed by atoms with E-state index < -0.39 is 0 Å². The quantitative estimate of drug-likeness (QED) is 0.819. The maximum atomic E-state index is 5.34. The van der Waals surface area contributed by atoms with Gasteiger partial charge in [0.15, 0.2) is 5.13 Å². The number of ether oxygens (including phenoxy) is 1. The van der Waals surface area contributed by atoms with Crippen LogP contribution in [0.1, 0.15) is 30.1 Å². The number of aromatic nitrogens is 3. The molecular weight excluding hydrogens is 274 g/mol. The van der Waals surface area contributed by atoms with Gasteiger partial charge in [0, 0.05) is 33.0 Å². The van der Waals surface area contributed by atoms with Gasteiger partial charge in [0.2, 0.25) is 5.88 Å². The number of anilines is 1. The minimum atomic E-state index is 0.208. The Labute approximate surface area is 123 Å². The van der Waals surface area contributed by atoms with E-state index in [9.17, 15) is 0 Å². The number of aromatic amines is 1. The molecule has 0 aliphatic carbocycles.